The number of rotatable bonds is 8. The molecule has 0 saturated carbocycles. The van der Waals surface area contributed by atoms with Gasteiger partial charge in [0.2, 0.25) is 0 Å². The monoisotopic (exact) mass is 1870 g/mol. The largest absolute Gasteiger partial charge is 0.307 e. The quantitative estimate of drug-likeness (QED) is 0.142. The highest BCUT2D eigenvalue weighted by atomic mass is 15.0. The van der Waals surface area contributed by atoms with Gasteiger partial charge in [-0.3, -0.25) is 19.9 Å². The standard InChI is InChI=1S/4C35H20N2/c1-2-7-21(8-3-1)22-14-16-23(17-15-22)24-9-4-10-27-28-19-18-25-26-12-6-20-36-33(26)29-11-5-13-30-31(29)32(25)35(28)37(30)34(24)27;1-2-6-21(7-3-1)22-12-14-23(15-13-22)24-8-4-10-28-29-17-16-27-25-18-19-36-20-30(25)26-9-5-11-31-32(26)33(27)35(29)37(31)34(24)28;1-2-6-21(7-3-1)22-12-14-23(15-13-22)24-8-4-10-28-29-17-16-27-30-20-36-19-18-25(30)26-9-5-11-31-32(26)33(27)35(29)37(31)34(24)28;1-2-7-21(8-3-1)22-13-15-23(16-14-22)24-11-6-12-28-29-18-17-26-25-9-4-5-10-27(25)33-32-30(19-20-36-33)37(34(24)28)35(29)31(26)32/h4*1-20H. The Kier molecular flexibility index (Phi) is 16.9. The summed E-state index contributed by atoms with van der Waals surface area (Å²) in [6.07, 6.45) is 11.7. The van der Waals surface area contributed by atoms with E-state index in [0.717, 1.165) is 11.0 Å². The van der Waals surface area contributed by atoms with E-state index in [1.54, 1.807) is 0 Å². The SMILES string of the molecule is c1ccc(-c2ccc(-c3cccc4c5ccc6c7ccccc7c7nccc8c7c6c5n8c34)cc2)cc1.c1ccc(-c2ccc(-c3cccc4c5ccc6c7cccnc7c7cccc8c7c6c5n8c34)cc2)cc1.c1ccc(-c2ccc(-c3cccc4c5ccc6c7ccncc7c7cccc8c7c6c5n8c34)cc2)cc1.c1ccc(-c2ccc(-c3cccc4c5ccc6c7cnccc7c7cccc8c7c6c5n8c34)cc2)cc1. The van der Waals surface area contributed by atoms with Crippen LogP contribution in [0.4, 0.5) is 0 Å². The highest BCUT2D eigenvalue weighted by Crippen LogP contribution is 2.56. The lowest BCUT2D eigenvalue weighted by molar-refractivity contribution is 1.35. The van der Waals surface area contributed by atoms with Crippen LogP contribution >= 0.6 is 0 Å². The maximum atomic E-state index is 4.89. The number of pyridine rings is 4. The Morgan fingerprint density at radius 2 is 0.365 bits per heavy atom. The Morgan fingerprint density at radius 3 is 0.750 bits per heavy atom. The number of aromatic nitrogens is 8. The molecule has 0 amide bonds. The summed E-state index contributed by atoms with van der Waals surface area (Å²) in [5.74, 6) is 0. The van der Waals surface area contributed by atoms with E-state index < -0.39 is 0 Å². The number of para-hydroxylation sites is 4. The van der Waals surface area contributed by atoms with Crippen LogP contribution in [-0.2, 0) is 0 Å². The highest BCUT2D eigenvalue weighted by Gasteiger charge is 2.32. The van der Waals surface area contributed by atoms with Crippen molar-refractivity contribution in [1.82, 2.24) is 37.5 Å². The lowest BCUT2D eigenvalue weighted by Gasteiger charge is -2.10. The fourth-order valence-electron chi connectivity index (χ4n) is 26.5. The van der Waals surface area contributed by atoms with Crippen LogP contribution in [0.3, 0.4) is 0 Å². The maximum Gasteiger partial charge on any atom is 0.0808 e. The minimum atomic E-state index is 1.08. The predicted octanol–water partition coefficient (Wildman–Crippen LogP) is 37.2. The Hall–Kier alpha value is -19.8. The minimum Gasteiger partial charge on any atom is -0.307 e. The van der Waals surface area contributed by atoms with Gasteiger partial charge in [0, 0.05) is 173 Å². The first-order valence-electron chi connectivity index (χ1n) is 50.9. The molecular weight excluding hydrogens is 1790 g/mol. The zero-order valence-electron chi connectivity index (χ0n) is 79.8. The summed E-state index contributed by atoms with van der Waals surface area (Å²) in [4.78, 5) is 18.7. The Labute approximate surface area is 845 Å². The van der Waals surface area contributed by atoms with Gasteiger partial charge in [0.25, 0.3) is 0 Å². The zero-order chi connectivity index (χ0) is 96.3. The molecule has 0 spiro atoms. The molecule has 0 bridgehead atoms. The number of hydrogen-bond donors (Lipinski definition) is 0. The molecule has 0 aliphatic carbocycles. The van der Waals surface area contributed by atoms with E-state index in [4.69, 9.17) is 9.97 Å². The van der Waals surface area contributed by atoms with Crippen LogP contribution in [0.2, 0.25) is 0 Å². The second-order valence-corrected chi connectivity index (χ2v) is 39.9. The Balaban J connectivity index is 0.0000000859. The van der Waals surface area contributed by atoms with Crippen LogP contribution in [0.15, 0.2) is 486 Å². The van der Waals surface area contributed by atoms with E-state index in [1.807, 2.05) is 43.2 Å². The van der Waals surface area contributed by atoms with Crippen LogP contribution in [-0.4, -0.2) is 37.5 Å². The average molecular weight is 1870 g/mol. The molecule has 0 aliphatic rings. The number of fused-ring (bicyclic) bond motifs is 28. The van der Waals surface area contributed by atoms with Gasteiger partial charge in [0.15, 0.2) is 0 Å². The molecule has 36 rings (SSSR count). The molecule has 0 aliphatic heterocycles. The normalized spacial score (nSPS) is 12.3. The predicted molar refractivity (Wildman–Crippen MR) is 624 cm³/mol. The molecule has 24 aromatic carbocycles. The molecule has 12 aromatic heterocycles. The molecule has 0 N–H and O–H groups in total. The summed E-state index contributed by atoms with van der Waals surface area (Å²) in [7, 11) is 0. The third-order valence-electron chi connectivity index (χ3n) is 32.7. The average Bonchev–Trinajstić information content (AvgIpc) is 1.53. The molecule has 36 aromatic rings. The maximum absolute atomic E-state index is 4.89. The van der Waals surface area contributed by atoms with Crippen molar-refractivity contribution in [1.29, 1.82) is 0 Å². The second kappa shape index (κ2) is 30.9. The van der Waals surface area contributed by atoms with Gasteiger partial charge < -0.3 is 17.6 Å². The molecule has 8 heteroatoms. The molecule has 12 heterocycles. The van der Waals surface area contributed by atoms with Crippen molar-refractivity contribution in [3.05, 3.63) is 486 Å². The van der Waals surface area contributed by atoms with Crippen molar-refractivity contribution in [3.8, 4) is 89.0 Å². The molecule has 148 heavy (non-hydrogen) atoms. The van der Waals surface area contributed by atoms with Crippen molar-refractivity contribution in [3.63, 3.8) is 0 Å². The lowest BCUT2D eigenvalue weighted by Crippen LogP contribution is -1.88. The second-order valence-electron chi connectivity index (χ2n) is 39.9. The van der Waals surface area contributed by atoms with Gasteiger partial charge in [0.1, 0.15) is 0 Å². The third-order valence-corrected chi connectivity index (χ3v) is 32.7. The van der Waals surface area contributed by atoms with E-state index in [0.29, 0.717) is 0 Å². The van der Waals surface area contributed by atoms with Crippen molar-refractivity contribution in [2.24, 2.45) is 0 Å². The van der Waals surface area contributed by atoms with E-state index in [-0.39, 0.29) is 0 Å². The van der Waals surface area contributed by atoms with E-state index in [9.17, 15) is 0 Å². The van der Waals surface area contributed by atoms with E-state index >= 15 is 0 Å². The zero-order valence-corrected chi connectivity index (χ0v) is 79.8. The number of nitrogens with zero attached hydrogens (tertiary/aromatic N) is 8. The Morgan fingerprint density at radius 1 is 0.122 bits per heavy atom. The fraction of sp³-hybridized carbons (Fsp3) is 0. The third kappa shape index (κ3) is 11.2. The van der Waals surface area contributed by atoms with Crippen molar-refractivity contribution in [2.75, 3.05) is 0 Å². The lowest BCUT2D eigenvalue weighted by atomic mass is 9.94. The van der Waals surface area contributed by atoms with Crippen LogP contribution in [0.25, 0.3) is 328 Å². The number of hydrogen-bond acceptors (Lipinski definition) is 4. The van der Waals surface area contributed by atoms with Gasteiger partial charge in [-0.2, -0.15) is 0 Å². The van der Waals surface area contributed by atoms with Crippen LogP contribution in [0.5, 0.6) is 0 Å². The highest BCUT2D eigenvalue weighted by molar-refractivity contribution is 6.44. The number of benzene rings is 24. The van der Waals surface area contributed by atoms with Crippen molar-refractivity contribution < 1.29 is 0 Å². The first-order chi connectivity index (χ1) is 73.5. The summed E-state index contributed by atoms with van der Waals surface area (Å²) in [6, 6.07) is 163. The van der Waals surface area contributed by atoms with Gasteiger partial charge >= 0.3 is 0 Å². The van der Waals surface area contributed by atoms with Crippen molar-refractivity contribution in [2.45, 2.75) is 0 Å². The molecule has 680 valence electrons. The Bertz CT molecular complexity index is 10400. The van der Waals surface area contributed by atoms with Gasteiger partial charge in [-0.15, -0.1) is 0 Å². The molecule has 8 nitrogen and oxygen atoms in total. The summed E-state index contributed by atoms with van der Waals surface area (Å²) in [5, 5.41) is 38.8. The van der Waals surface area contributed by atoms with E-state index in [2.05, 4.69) is 470 Å². The van der Waals surface area contributed by atoms with Gasteiger partial charge in [-0.1, -0.05) is 406 Å². The molecule has 0 radical (unpaired) electrons. The molecule has 0 unspecified atom stereocenters. The van der Waals surface area contributed by atoms with Crippen LogP contribution in [0.1, 0.15) is 0 Å². The van der Waals surface area contributed by atoms with E-state index in [1.165, 1.54) is 317 Å². The van der Waals surface area contributed by atoms with Gasteiger partial charge in [-0.05, 0) is 158 Å². The molecule has 0 atom stereocenters. The summed E-state index contributed by atoms with van der Waals surface area (Å²) >= 11 is 0. The summed E-state index contributed by atoms with van der Waals surface area (Å²) < 4.78 is 10.0. The smallest absolute Gasteiger partial charge is 0.0808 e. The van der Waals surface area contributed by atoms with Crippen LogP contribution in [0, 0.1) is 0 Å². The molecule has 0 saturated heterocycles. The first-order valence-corrected chi connectivity index (χ1v) is 50.9. The summed E-state index contributed by atoms with van der Waals surface area (Å²) in [6.45, 7) is 0. The minimum absolute atomic E-state index is 1.08. The van der Waals surface area contributed by atoms with Crippen molar-refractivity contribution >= 4 is 239 Å². The summed E-state index contributed by atoms with van der Waals surface area (Å²) in [5.41, 5.74) is 37.4. The first kappa shape index (κ1) is 80.8. The molecule has 0 fully saturated rings. The molecular formula is C140H80N8. The van der Waals surface area contributed by atoms with Crippen LogP contribution < -0.4 is 0 Å². The van der Waals surface area contributed by atoms with Gasteiger partial charge in [-0.25, -0.2) is 0 Å². The topological polar surface area (TPSA) is 69.2 Å². The fourth-order valence-corrected chi connectivity index (χ4v) is 26.5. The van der Waals surface area contributed by atoms with Gasteiger partial charge in [0.05, 0.1) is 77.2 Å².